The van der Waals surface area contributed by atoms with Gasteiger partial charge in [0.25, 0.3) is 0 Å². The molecule has 0 radical (unpaired) electrons. The van der Waals surface area contributed by atoms with E-state index in [2.05, 4.69) is 13.8 Å². The molecule has 3 heterocycles. The zero-order valence-electron chi connectivity index (χ0n) is 14.6. The zero-order chi connectivity index (χ0) is 17.9. The fraction of sp³-hybridized carbons (Fsp3) is 0.286. The van der Waals surface area contributed by atoms with E-state index in [1.807, 2.05) is 30.3 Å². The van der Waals surface area contributed by atoms with Crippen LogP contribution < -0.4 is 19.6 Å². The maximum absolute atomic E-state index is 12.7. The minimum atomic E-state index is -0.212. The first-order valence-corrected chi connectivity index (χ1v) is 8.68. The summed E-state index contributed by atoms with van der Waals surface area (Å²) in [5.41, 5.74) is 2.08. The highest BCUT2D eigenvalue weighted by atomic mass is 16.7. The molecule has 0 atom stereocenters. The Balaban J connectivity index is 1.65. The van der Waals surface area contributed by atoms with Crippen molar-refractivity contribution in [1.29, 1.82) is 0 Å². The number of ether oxygens (including phenoxy) is 3. The minimum Gasteiger partial charge on any atom is -0.487 e. The van der Waals surface area contributed by atoms with Crippen LogP contribution in [0.25, 0.3) is 22.3 Å². The Hall–Kier alpha value is -2.95. The van der Waals surface area contributed by atoms with Crippen molar-refractivity contribution in [3.05, 3.63) is 52.2 Å². The standard InChI is InChI=1S/C21H18O5/c1-21(2)6-5-13-7-14-15(22)9-17(25-19(14)10-18(13)26-21)12-3-4-16-20(8-12)24-11-23-16/h3-4,7-10H,5-6,11H2,1-2H3. The van der Waals surface area contributed by atoms with Gasteiger partial charge < -0.3 is 18.6 Å². The van der Waals surface area contributed by atoms with Gasteiger partial charge in [0.15, 0.2) is 16.9 Å². The number of rotatable bonds is 1. The second-order valence-corrected chi connectivity index (χ2v) is 7.36. The molecule has 0 saturated carbocycles. The van der Waals surface area contributed by atoms with E-state index in [0.717, 1.165) is 29.7 Å². The lowest BCUT2D eigenvalue weighted by molar-refractivity contribution is 0.0848. The lowest BCUT2D eigenvalue weighted by Gasteiger charge is -2.32. The number of aryl methyl sites for hydroxylation is 1. The van der Waals surface area contributed by atoms with Gasteiger partial charge in [0.05, 0.1) is 5.39 Å². The van der Waals surface area contributed by atoms with E-state index < -0.39 is 0 Å². The van der Waals surface area contributed by atoms with E-state index in [4.69, 9.17) is 18.6 Å². The van der Waals surface area contributed by atoms with Gasteiger partial charge in [0.2, 0.25) is 6.79 Å². The normalized spacial score (nSPS) is 17.0. The molecule has 0 saturated heterocycles. The molecule has 5 nitrogen and oxygen atoms in total. The van der Waals surface area contributed by atoms with E-state index in [0.29, 0.717) is 28.2 Å². The van der Waals surface area contributed by atoms with Crippen LogP contribution in [0.15, 0.2) is 45.6 Å². The number of benzene rings is 2. The molecule has 0 bridgehead atoms. The van der Waals surface area contributed by atoms with Gasteiger partial charge in [-0.1, -0.05) is 0 Å². The zero-order valence-corrected chi connectivity index (χ0v) is 14.6. The van der Waals surface area contributed by atoms with Crippen molar-refractivity contribution in [3.8, 4) is 28.6 Å². The molecule has 0 N–H and O–H groups in total. The van der Waals surface area contributed by atoms with Gasteiger partial charge >= 0.3 is 0 Å². The van der Waals surface area contributed by atoms with Gasteiger partial charge in [0.1, 0.15) is 22.7 Å². The molecular formula is C21H18O5. The van der Waals surface area contributed by atoms with E-state index in [-0.39, 0.29) is 17.8 Å². The van der Waals surface area contributed by atoms with E-state index in [1.54, 1.807) is 0 Å². The third-order valence-corrected chi connectivity index (χ3v) is 4.95. The van der Waals surface area contributed by atoms with Crippen LogP contribution in [0.1, 0.15) is 25.8 Å². The van der Waals surface area contributed by atoms with Crippen LogP contribution in [0.4, 0.5) is 0 Å². The largest absolute Gasteiger partial charge is 0.487 e. The van der Waals surface area contributed by atoms with Gasteiger partial charge in [-0.25, -0.2) is 0 Å². The third kappa shape index (κ3) is 2.43. The summed E-state index contributed by atoms with van der Waals surface area (Å²) in [6, 6.07) is 10.8. The first-order chi connectivity index (χ1) is 12.5. The maximum Gasteiger partial charge on any atom is 0.231 e. The van der Waals surface area contributed by atoms with Crippen molar-refractivity contribution >= 4 is 11.0 Å². The molecule has 1 aromatic heterocycles. The van der Waals surface area contributed by atoms with Gasteiger partial charge in [0, 0.05) is 17.7 Å². The summed E-state index contributed by atoms with van der Waals surface area (Å²) in [6.45, 7) is 4.35. The van der Waals surface area contributed by atoms with Gasteiger partial charge in [-0.15, -0.1) is 0 Å². The Morgan fingerprint density at radius 1 is 0.962 bits per heavy atom. The lowest BCUT2D eigenvalue weighted by atomic mass is 9.93. The van der Waals surface area contributed by atoms with Crippen molar-refractivity contribution in [2.45, 2.75) is 32.3 Å². The second-order valence-electron chi connectivity index (χ2n) is 7.36. The smallest absolute Gasteiger partial charge is 0.231 e. The average Bonchev–Trinajstić information content (AvgIpc) is 3.07. The summed E-state index contributed by atoms with van der Waals surface area (Å²) >= 11 is 0. The highest BCUT2D eigenvalue weighted by molar-refractivity contribution is 5.81. The van der Waals surface area contributed by atoms with Crippen molar-refractivity contribution in [2.24, 2.45) is 0 Å². The summed E-state index contributed by atoms with van der Waals surface area (Å²) in [5.74, 6) is 2.64. The van der Waals surface area contributed by atoms with Gasteiger partial charge in [-0.2, -0.15) is 0 Å². The highest BCUT2D eigenvalue weighted by Crippen LogP contribution is 2.38. The highest BCUT2D eigenvalue weighted by Gasteiger charge is 2.27. The average molecular weight is 350 g/mol. The predicted octanol–water partition coefficient (Wildman–Crippen LogP) is 4.29. The Labute approximate surface area is 150 Å². The van der Waals surface area contributed by atoms with Crippen molar-refractivity contribution < 1.29 is 18.6 Å². The summed E-state index contributed by atoms with van der Waals surface area (Å²) in [4.78, 5) is 12.7. The van der Waals surface area contributed by atoms with E-state index in [1.165, 1.54) is 6.07 Å². The van der Waals surface area contributed by atoms with Crippen LogP contribution in [-0.4, -0.2) is 12.4 Å². The number of fused-ring (bicyclic) bond motifs is 3. The molecule has 132 valence electrons. The molecule has 2 aliphatic heterocycles. The van der Waals surface area contributed by atoms with Gasteiger partial charge in [-0.3, -0.25) is 4.79 Å². The molecule has 0 unspecified atom stereocenters. The molecule has 0 fully saturated rings. The van der Waals surface area contributed by atoms with Crippen LogP contribution in [0.2, 0.25) is 0 Å². The molecule has 0 aliphatic carbocycles. The maximum atomic E-state index is 12.7. The molecule has 0 spiro atoms. The van der Waals surface area contributed by atoms with Crippen molar-refractivity contribution in [2.75, 3.05) is 6.79 Å². The second kappa shape index (κ2) is 5.27. The van der Waals surface area contributed by atoms with Crippen molar-refractivity contribution in [1.82, 2.24) is 0 Å². The van der Waals surface area contributed by atoms with Crippen molar-refractivity contribution in [3.63, 3.8) is 0 Å². The first kappa shape index (κ1) is 15.3. The Bertz CT molecular complexity index is 1090. The Kier molecular flexibility index (Phi) is 3.11. The van der Waals surface area contributed by atoms with Crippen LogP contribution in [0.5, 0.6) is 17.2 Å². The Morgan fingerprint density at radius 2 is 1.81 bits per heavy atom. The third-order valence-electron chi connectivity index (χ3n) is 4.95. The van der Waals surface area contributed by atoms with Crippen LogP contribution in [0.3, 0.4) is 0 Å². The number of hydrogen-bond donors (Lipinski definition) is 0. The molecule has 26 heavy (non-hydrogen) atoms. The Morgan fingerprint density at radius 3 is 2.69 bits per heavy atom. The topological polar surface area (TPSA) is 57.9 Å². The van der Waals surface area contributed by atoms with Crippen LogP contribution in [-0.2, 0) is 6.42 Å². The molecular weight excluding hydrogens is 332 g/mol. The summed E-state index contributed by atoms with van der Waals surface area (Å²) in [7, 11) is 0. The molecule has 0 amide bonds. The monoisotopic (exact) mass is 350 g/mol. The minimum absolute atomic E-state index is 0.0634. The van der Waals surface area contributed by atoms with E-state index in [9.17, 15) is 4.79 Å². The SMILES string of the molecule is CC1(C)CCc2cc3c(=O)cc(-c4ccc5c(c4)OCO5)oc3cc2O1. The molecule has 2 aromatic carbocycles. The predicted molar refractivity (Wildman–Crippen MR) is 97.1 cm³/mol. The molecule has 5 rings (SSSR count). The quantitative estimate of drug-likeness (QED) is 0.655. The molecule has 5 heteroatoms. The summed E-state index contributed by atoms with van der Waals surface area (Å²) in [6.07, 6.45) is 1.81. The fourth-order valence-corrected chi connectivity index (χ4v) is 3.49. The summed E-state index contributed by atoms with van der Waals surface area (Å²) < 4.78 is 22.9. The van der Waals surface area contributed by atoms with Gasteiger partial charge in [-0.05, 0) is 56.5 Å². The van der Waals surface area contributed by atoms with Crippen LogP contribution in [0, 0.1) is 0 Å². The number of hydrogen-bond acceptors (Lipinski definition) is 5. The summed E-state index contributed by atoms with van der Waals surface area (Å²) in [5, 5.41) is 0.580. The van der Waals surface area contributed by atoms with E-state index >= 15 is 0 Å². The fourth-order valence-electron chi connectivity index (χ4n) is 3.49. The lowest BCUT2D eigenvalue weighted by Crippen LogP contribution is -2.32. The first-order valence-electron chi connectivity index (χ1n) is 8.68. The van der Waals surface area contributed by atoms with Crippen LogP contribution >= 0.6 is 0 Å². The molecule has 3 aromatic rings. The molecule has 2 aliphatic rings.